The molecule has 0 spiro atoms. The minimum Gasteiger partial charge on any atom is -0.456 e. The maximum absolute atomic E-state index is 13.4. The number of nitrogens with one attached hydrogen (secondary N) is 1. The molecule has 3 unspecified atom stereocenters. The highest BCUT2D eigenvalue weighted by Crippen LogP contribution is 2.43. The highest BCUT2D eigenvalue weighted by molar-refractivity contribution is 7.47. The van der Waals surface area contributed by atoms with Crippen LogP contribution in [0.5, 0.6) is 0 Å². The summed E-state index contributed by atoms with van der Waals surface area (Å²) < 4.78 is 30.5. The van der Waals surface area contributed by atoms with Gasteiger partial charge in [-0.2, -0.15) is 0 Å². The molecule has 0 saturated carbocycles. The second kappa shape index (κ2) is 44.8. The Balaban J connectivity index is 5.44. The van der Waals surface area contributed by atoms with Gasteiger partial charge >= 0.3 is 13.8 Å². The lowest BCUT2D eigenvalue weighted by Gasteiger charge is -2.27. The number of phosphoric ester groups is 1. The number of allylic oxidation sites excluding steroid dienone is 7. The summed E-state index contributed by atoms with van der Waals surface area (Å²) >= 11 is 0. The fourth-order valence-corrected chi connectivity index (χ4v) is 8.06. The molecule has 0 rings (SSSR count). The van der Waals surface area contributed by atoms with Crippen molar-refractivity contribution in [2.24, 2.45) is 0 Å². The molecule has 10 heteroatoms. The number of likely N-dealkylation sites (N-methyl/N-ethyl adjacent to an activating group) is 1. The van der Waals surface area contributed by atoms with E-state index in [9.17, 15) is 19.0 Å². The molecule has 9 nitrogen and oxygen atoms in total. The molecule has 0 saturated heterocycles. The molecule has 0 aliphatic heterocycles. The summed E-state index contributed by atoms with van der Waals surface area (Å²) in [6, 6.07) is -0.854. The van der Waals surface area contributed by atoms with E-state index in [2.05, 4.69) is 62.5 Å². The number of hydrogen-bond donors (Lipinski definition) is 2. The standard InChI is InChI=1S/C54H101N2O7P/c1-7-10-13-16-19-22-25-27-28-29-32-35-38-41-44-47-54(58)63-52(45-42-39-36-33-31-26-23-20-17-14-11-8-2)51(50-62-64(59,60)61-49-48-56(4,5)6)55-53(57)46-43-40-37-34-30-24-21-18-15-12-9-3/h18-19,21-22,25,27,42,45,51-52H,7-17,20,23-24,26,28-41,43-44,46-50H2,1-6H3,(H-,55,57,59,60)/p+1/b21-18-,22-19+,27-25+,45-42+. The summed E-state index contributed by atoms with van der Waals surface area (Å²) in [6.07, 6.45) is 52.4. The fraction of sp³-hybridized carbons (Fsp3) is 0.815. The number of quaternary nitrogens is 1. The molecule has 0 radical (unpaired) electrons. The quantitative estimate of drug-likeness (QED) is 0.0156. The van der Waals surface area contributed by atoms with Crippen LogP contribution in [0.1, 0.15) is 233 Å². The monoisotopic (exact) mass is 922 g/mol. The lowest BCUT2D eigenvalue weighted by atomic mass is 10.0. The number of unbranched alkanes of at least 4 members (excludes halogenated alkanes) is 26. The number of rotatable bonds is 47. The van der Waals surface area contributed by atoms with Crippen molar-refractivity contribution in [1.29, 1.82) is 0 Å². The third-order valence-electron chi connectivity index (χ3n) is 11.5. The van der Waals surface area contributed by atoms with Crippen LogP contribution >= 0.6 is 7.82 Å². The zero-order valence-electron chi connectivity index (χ0n) is 42.5. The third kappa shape index (κ3) is 45.1. The van der Waals surface area contributed by atoms with Crippen molar-refractivity contribution >= 4 is 19.7 Å². The highest BCUT2D eigenvalue weighted by atomic mass is 31.2. The Morgan fingerprint density at radius 1 is 0.547 bits per heavy atom. The van der Waals surface area contributed by atoms with Crippen molar-refractivity contribution in [3.8, 4) is 0 Å². The second-order valence-electron chi connectivity index (χ2n) is 19.1. The zero-order valence-corrected chi connectivity index (χ0v) is 43.4. The van der Waals surface area contributed by atoms with Gasteiger partial charge < -0.3 is 19.4 Å². The van der Waals surface area contributed by atoms with Crippen molar-refractivity contribution in [2.45, 2.75) is 245 Å². The Bertz CT molecular complexity index is 1240. The van der Waals surface area contributed by atoms with Crippen molar-refractivity contribution in [3.63, 3.8) is 0 Å². The van der Waals surface area contributed by atoms with E-state index in [1.54, 1.807) is 0 Å². The van der Waals surface area contributed by atoms with E-state index < -0.39 is 20.0 Å². The van der Waals surface area contributed by atoms with E-state index >= 15 is 0 Å². The molecule has 374 valence electrons. The predicted molar refractivity (Wildman–Crippen MR) is 272 cm³/mol. The van der Waals surface area contributed by atoms with Gasteiger partial charge in [-0.05, 0) is 76.7 Å². The van der Waals surface area contributed by atoms with E-state index in [0.717, 1.165) is 103 Å². The van der Waals surface area contributed by atoms with Crippen molar-refractivity contribution in [1.82, 2.24) is 5.32 Å². The van der Waals surface area contributed by atoms with Crippen LogP contribution in [0.2, 0.25) is 0 Å². The molecule has 0 aromatic rings. The van der Waals surface area contributed by atoms with Crippen LogP contribution in [0, 0.1) is 0 Å². The number of carbonyl (C=O) groups excluding carboxylic acids is 2. The van der Waals surface area contributed by atoms with Gasteiger partial charge in [0.1, 0.15) is 19.3 Å². The summed E-state index contributed by atoms with van der Waals surface area (Å²) in [7, 11) is 1.48. The summed E-state index contributed by atoms with van der Waals surface area (Å²) in [5.41, 5.74) is 0. The second-order valence-corrected chi connectivity index (χ2v) is 20.5. The van der Waals surface area contributed by atoms with Gasteiger partial charge in [-0.15, -0.1) is 0 Å². The molecule has 0 aromatic heterocycles. The van der Waals surface area contributed by atoms with E-state index in [1.807, 2.05) is 33.3 Å². The Hall–Kier alpha value is -2.03. The number of ether oxygens (including phenoxy) is 1. The summed E-state index contributed by atoms with van der Waals surface area (Å²) in [4.78, 5) is 37.4. The van der Waals surface area contributed by atoms with Gasteiger partial charge in [0.15, 0.2) is 0 Å². The van der Waals surface area contributed by atoms with Gasteiger partial charge in [0.05, 0.1) is 33.8 Å². The maximum Gasteiger partial charge on any atom is 0.472 e. The number of carbonyl (C=O) groups is 2. The largest absolute Gasteiger partial charge is 0.472 e. The number of nitrogens with zero attached hydrogens (tertiary/aromatic N) is 1. The van der Waals surface area contributed by atoms with Gasteiger partial charge in [-0.3, -0.25) is 18.6 Å². The maximum atomic E-state index is 13.4. The normalized spacial score (nSPS) is 14.3. The number of amides is 1. The first kappa shape index (κ1) is 62.0. The van der Waals surface area contributed by atoms with Crippen LogP contribution in [0.4, 0.5) is 0 Å². The molecule has 0 aliphatic carbocycles. The molecule has 2 N–H and O–H groups in total. The Morgan fingerprint density at radius 2 is 0.969 bits per heavy atom. The van der Waals surface area contributed by atoms with Gasteiger partial charge in [-0.1, -0.05) is 192 Å². The fourth-order valence-electron chi connectivity index (χ4n) is 7.32. The molecule has 0 heterocycles. The number of hydrogen-bond acceptors (Lipinski definition) is 6. The van der Waals surface area contributed by atoms with Crippen LogP contribution in [-0.2, 0) is 27.9 Å². The van der Waals surface area contributed by atoms with Gasteiger partial charge in [0, 0.05) is 12.8 Å². The van der Waals surface area contributed by atoms with E-state index in [1.165, 1.54) is 96.3 Å². The molecule has 0 aliphatic rings. The minimum atomic E-state index is -4.44. The lowest BCUT2D eigenvalue weighted by molar-refractivity contribution is -0.870. The zero-order chi connectivity index (χ0) is 47.3. The first-order valence-electron chi connectivity index (χ1n) is 26.5. The van der Waals surface area contributed by atoms with Crippen LogP contribution in [0.25, 0.3) is 0 Å². The van der Waals surface area contributed by atoms with E-state index in [0.29, 0.717) is 17.4 Å². The van der Waals surface area contributed by atoms with Gasteiger partial charge in [0.25, 0.3) is 0 Å². The van der Waals surface area contributed by atoms with Gasteiger partial charge in [0.2, 0.25) is 5.91 Å². The average Bonchev–Trinajstić information content (AvgIpc) is 3.25. The molecule has 3 atom stereocenters. The van der Waals surface area contributed by atoms with Crippen LogP contribution in [0.15, 0.2) is 48.6 Å². The summed E-state index contributed by atoms with van der Waals surface area (Å²) in [5, 5.41) is 3.03. The molecule has 64 heavy (non-hydrogen) atoms. The van der Waals surface area contributed by atoms with Crippen LogP contribution in [-0.4, -0.2) is 74.3 Å². The predicted octanol–water partition coefficient (Wildman–Crippen LogP) is 15.4. The molecular weight excluding hydrogens is 820 g/mol. The van der Waals surface area contributed by atoms with Crippen molar-refractivity contribution < 1.29 is 37.3 Å². The number of phosphoric acid groups is 1. The molecule has 0 bridgehead atoms. The Labute approximate surface area is 395 Å². The van der Waals surface area contributed by atoms with Gasteiger partial charge in [-0.25, -0.2) is 4.57 Å². The number of esters is 1. The van der Waals surface area contributed by atoms with Crippen LogP contribution in [0.3, 0.4) is 0 Å². The topological polar surface area (TPSA) is 111 Å². The summed E-state index contributed by atoms with van der Waals surface area (Å²) in [6.45, 7) is 6.91. The first-order valence-corrected chi connectivity index (χ1v) is 28.0. The third-order valence-corrected chi connectivity index (χ3v) is 12.5. The lowest BCUT2D eigenvalue weighted by Crippen LogP contribution is -2.47. The van der Waals surface area contributed by atoms with E-state index in [-0.39, 0.29) is 31.5 Å². The summed E-state index contributed by atoms with van der Waals surface area (Å²) in [5.74, 6) is -0.531. The highest BCUT2D eigenvalue weighted by Gasteiger charge is 2.30. The molecule has 0 aromatic carbocycles. The average molecular weight is 922 g/mol. The SMILES string of the molecule is CCCC/C=C\CCCCCCCC(=O)NC(COP(=O)(O)OCC[N+](C)(C)C)C(/C=C/CCCCCCCCCCCC)OC(=O)CCCCCCCC/C=C/C=C/CCCCC. The first-order chi connectivity index (χ1) is 30.9. The molecule has 1 amide bonds. The van der Waals surface area contributed by atoms with Crippen molar-refractivity contribution in [2.75, 3.05) is 40.9 Å². The molecule has 0 fully saturated rings. The Kier molecular flexibility index (Phi) is 43.4. The van der Waals surface area contributed by atoms with Crippen LogP contribution < -0.4 is 5.32 Å². The van der Waals surface area contributed by atoms with E-state index in [4.69, 9.17) is 13.8 Å². The van der Waals surface area contributed by atoms with Crippen molar-refractivity contribution in [3.05, 3.63) is 48.6 Å². The molecular formula is C54H102N2O7P+. The minimum absolute atomic E-state index is 0.0362. The Morgan fingerprint density at radius 3 is 1.50 bits per heavy atom. The smallest absolute Gasteiger partial charge is 0.456 e.